The molecule has 0 saturated heterocycles. The third kappa shape index (κ3) is 12.3. The van der Waals surface area contributed by atoms with Gasteiger partial charge < -0.3 is 47.8 Å². The Morgan fingerprint density at radius 3 is 1.53 bits per heavy atom. The molecule has 192 valence electrons. The molecular weight excluding hydrogens is 462 g/mol. The van der Waals surface area contributed by atoms with Gasteiger partial charge in [-0.3, -0.25) is 28.8 Å². The quantitative estimate of drug-likeness (QED) is 0.0890. The van der Waals surface area contributed by atoms with Crippen molar-refractivity contribution in [1.82, 2.24) is 16.0 Å². The molecule has 0 aliphatic heterocycles. The van der Waals surface area contributed by atoms with Crippen LogP contribution in [0, 0.1) is 0 Å². The van der Waals surface area contributed by atoms with Crippen molar-refractivity contribution in [3.8, 4) is 0 Å². The second kappa shape index (κ2) is 15.1. The Balaban J connectivity index is 5.56. The van der Waals surface area contributed by atoms with Crippen LogP contribution < -0.4 is 27.4 Å². The van der Waals surface area contributed by atoms with Gasteiger partial charge in [0.05, 0.1) is 25.3 Å². The molecule has 0 fully saturated rings. The van der Waals surface area contributed by atoms with E-state index in [1.54, 1.807) is 0 Å². The van der Waals surface area contributed by atoms with E-state index in [4.69, 9.17) is 31.9 Å². The van der Waals surface area contributed by atoms with Crippen molar-refractivity contribution in [3.05, 3.63) is 0 Å². The summed E-state index contributed by atoms with van der Waals surface area (Å²) < 4.78 is 0. The number of carboxylic acid groups (broad SMARTS) is 4. The van der Waals surface area contributed by atoms with E-state index in [0.29, 0.717) is 6.42 Å². The average molecular weight is 491 g/mol. The van der Waals surface area contributed by atoms with E-state index in [1.807, 2.05) is 10.6 Å². The molecule has 0 radical (unpaired) electrons. The lowest BCUT2D eigenvalue weighted by Crippen LogP contribution is -2.57. The Hall–Kier alpha value is -3.79. The van der Waals surface area contributed by atoms with E-state index in [0.717, 1.165) is 0 Å². The molecule has 3 amide bonds. The highest BCUT2D eigenvalue weighted by atomic mass is 16.4. The first-order valence-electron chi connectivity index (χ1n) is 10.0. The maximum absolute atomic E-state index is 12.6. The highest BCUT2D eigenvalue weighted by Gasteiger charge is 2.32. The van der Waals surface area contributed by atoms with Crippen LogP contribution in [0.1, 0.15) is 38.5 Å². The fourth-order valence-electron chi connectivity index (χ4n) is 2.62. The largest absolute Gasteiger partial charge is 0.481 e. The minimum absolute atomic E-state index is 0.0690. The summed E-state index contributed by atoms with van der Waals surface area (Å²) in [5.41, 5.74) is 10.8. The lowest BCUT2D eigenvalue weighted by molar-refractivity contribution is -0.147. The summed E-state index contributed by atoms with van der Waals surface area (Å²) in [6.07, 6.45) is -2.05. The van der Waals surface area contributed by atoms with Gasteiger partial charge in [-0.25, -0.2) is 4.79 Å². The van der Waals surface area contributed by atoms with Crippen molar-refractivity contribution in [2.45, 2.75) is 62.7 Å². The summed E-state index contributed by atoms with van der Waals surface area (Å²) in [7, 11) is 0. The molecule has 0 aliphatic carbocycles. The van der Waals surface area contributed by atoms with Gasteiger partial charge in [0.1, 0.15) is 18.1 Å². The molecule has 0 saturated carbocycles. The summed E-state index contributed by atoms with van der Waals surface area (Å²) in [5.74, 6) is -9.38. The number of aliphatic carboxylic acids is 4. The lowest BCUT2D eigenvalue weighted by atomic mass is 10.1. The Morgan fingerprint density at radius 2 is 1.06 bits per heavy atom. The minimum Gasteiger partial charge on any atom is -0.481 e. The van der Waals surface area contributed by atoms with E-state index < -0.39 is 85.0 Å². The Bertz CT molecular complexity index is 788. The first kappa shape index (κ1) is 30.2. The first-order chi connectivity index (χ1) is 15.8. The molecule has 16 heteroatoms. The monoisotopic (exact) mass is 491 g/mol. The fourth-order valence-corrected chi connectivity index (χ4v) is 2.62. The van der Waals surface area contributed by atoms with Crippen molar-refractivity contribution in [3.63, 3.8) is 0 Å². The molecule has 4 unspecified atom stereocenters. The van der Waals surface area contributed by atoms with Crippen LogP contribution in [0.5, 0.6) is 0 Å². The number of hydrogen-bond donors (Lipinski definition) is 9. The number of rotatable bonds is 17. The molecule has 34 heavy (non-hydrogen) atoms. The van der Waals surface area contributed by atoms with E-state index in [1.165, 1.54) is 0 Å². The highest BCUT2D eigenvalue weighted by Crippen LogP contribution is 2.05. The summed E-state index contributed by atoms with van der Waals surface area (Å²) in [5, 5.41) is 41.8. The number of hydrogen-bond acceptors (Lipinski definition) is 9. The van der Waals surface area contributed by atoms with Crippen LogP contribution in [0.3, 0.4) is 0 Å². The molecule has 0 heterocycles. The van der Waals surface area contributed by atoms with Gasteiger partial charge in [0.25, 0.3) is 0 Å². The summed E-state index contributed by atoms with van der Waals surface area (Å²) in [6, 6.07) is -6.56. The van der Waals surface area contributed by atoms with Gasteiger partial charge in [-0.05, 0) is 25.8 Å². The second-order valence-corrected chi connectivity index (χ2v) is 7.21. The zero-order chi connectivity index (χ0) is 26.4. The van der Waals surface area contributed by atoms with E-state index >= 15 is 0 Å². The topological polar surface area (TPSA) is 289 Å². The number of carbonyl (C=O) groups excluding carboxylic acids is 3. The van der Waals surface area contributed by atoms with Crippen LogP contribution in [0.2, 0.25) is 0 Å². The van der Waals surface area contributed by atoms with Crippen LogP contribution in [-0.4, -0.2) is 92.7 Å². The van der Waals surface area contributed by atoms with Gasteiger partial charge in [-0.15, -0.1) is 0 Å². The number of nitrogens with two attached hydrogens (primary N) is 2. The van der Waals surface area contributed by atoms with Crippen molar-refractivity contribution >= 4 is 41.6 Å². The fraction of sp³-hybridized carbons (Fsp3) is 0.611. The van der Waals surface area contributed by atoms with Gasteiger partial charge in [0.2, 0.25) is 17.7 Å². The number of carbonyl (C=O) groups is 7. The molecule has 11 N–H and O–H groups in total. The lowest BCUT2D eigenvalue weighted by Gasteiger charge is -2.24. The molecule has 0 rings (SSSR count). The van der Waals surface area contributed by atoms with Gasteiger partial charge in [0, 0.05) is 0 Å². The van der Waals surface area contributed by atoms with Crippen molar-refractivity contribution in [2.75, 3.05) is 6.54 Å². The molecule has 4 atom stereocenters. The molecule has 16 nitrogen and oxygen atoms in total. The molecule has 0 aromatic heterocycles. The van der Waals surface area contributed by atoms with Crippen molar-refractivity contribution in [2.24, 2.45) is 11.5 Å². The maximum atomic E-state index is 12.6. The van der Waals surface area contributed by atoms with Crippen LogP contribution in [-0.2, 0) is 33.6 Å². The van der Waals surface area contributed by atoms with Crippen LogP contribution in [0.15, 0.2) is 0 Å². The molecule has 0 aliphatic rings. The highest BCUT2D eigenvalue weighted by molar-refractivity contribution is 5.96. The van der Waals surface area contributed by atoms with Crippen LogP contribution in [0.25, 0.3) is 0 Å². The minimum atomic E-state index is -1.80. The number of unbranched alkanes of at least 4 members (excludes halogenated alkanes) is 1. The SMILES string of the molecule is NCCCCC(NC(=O)C(CC(=O)O)NC(=O)C(N)CC(=O)O)C(=O)NC(CC(=O)O)C(=O)O. The predicted molar refractivity (Wildman–Crippen MR) is 111 cm³/mol. The summed E-state index contributed by atoms with van der Waals surface area (Å²) in [4.78, 5) is 81.1. The third-order valence-corrected chi connectivity index (χ3v) is 4.32. The second-order valence-electron chi connectivity index (χ2n) is 7.21. The predicted octanol–water partition coefficient (Wildman–Crippen LogP) is -3.59. The smallest absolute Gasteiger partial charge is 0.326 e. The Morgan fingerprint density at radius 1 is 0.618 bits per heavy atom. The number of amides is 3. The van der Waals surface area contributed by atoms with Gasteiger partial charge >= 0.3 is 23.9 Å². The van der Waals surface area contributed by atoms with Gasteiger partial charge in [-0.1, -0.05) is 0 Å². The van der Waals surface area contributed by atoms with E-state index in [-0.39, 0.29) is 19.4 Å². The van der Waals surface area contributed by atoms with Gasteiger partial charge in [0.15, 0.2) is 0 Å². The zero-order valence-electron chi connectivity index (χ0n) is 18.1. The summed E-state index contributed by atoms with van der Waals surface area (Å²) in [6.45, 7) is 0.234. The van der Waals surface area contributed by atoms with E-state index in [9.17, 15) is 33.6 Å². The molecule has 0 spiro atoms. The normalized spacial score (nSPS) is 14.1. The Labute approximate surface area is 193 Å². The summed E-state index contributed by atoms with van der Waals surface area (Å²) >= 11 is 0. The molecule has 0 bridgehead atoms. The third-order valence-electron chi connectivity index (χ3n) is 4.32. The van der Waals surface area contributed by atoms with Crippen molar-refractivity contribution < 1.29 is 54.0 Å². The van der Waals surface area contributed by atoms with Crippen LogP contribution >= 0.6 is 0 Å². The number of nitrogens with one attached hydrogen (secondary N) is 3. The standard InChI is InChI=1S/C18H29N5O11/c19-4-2-1-3-9(16(31)23-11(18(33)34)7-14(28)29)21-17(32)10(6-13(26)27)22-15(30)8(20)5-12(24)25/h8-11H,1-7,19-20H2,(H,21,32)(H,22,30)(H,23,31)(H,24,25)(H,26,27)(H,28,29)(H,33,34). The number of carboxylic acids is 4. The van der Waals surface area contributed by atoms with Crippen molar-refractivity contribution in [1.29, 1.82) is 0 Å². The first-order valence-corrected chi connectivity index (χ1v) is 10.0. The maximum Gasteiger partial charge on any atom is 0.326 e. The van der Waals surface area contributed by atoms with Crippen LogP contribution in [0.4, 0.5) is 0 Å². The molecule has 0 aromatic rings. The molecule has 0 aromatic carbocycles. The van der Waals surface area contributed by atoms with E-state index in [2.05, 4.69) is 5.32 Å². The Kier molecular flexibility index (Phi) is 13.4. The van der Waals surface area contributed by atoms with Gasteiger partial charge in [-0.2, -0.15) is 0 Å². The molecular formula is C18H29N5O11. The average Bonchev–Trinajstić information content (AvgIpc) is 2.70. The zero-order valence-corrected chi connectivity index (χ0v) is 18.1.